The molecule has 0 spiro atoms. The van der Waals surface area contributed by atoms with E-state index in [9.17, 15) is 0 Å². The van der Waals surface area contributed by atoms with E-state index < -0.39 is 0 Å². The highest BCUT2D eigenvalue weighted by Crippen LogP contribution is 2.41. The highest BCUT2D eigenvalue weighted by molar-refractivity contribution is 6.36. The van der Waals surface area contributed by atoms with Crippen LogP contribution in [0.25, 0.3) is 0 Å². The Bertz CT molecular complexity index is 103. The lowest BCUT2D eigenvalue weighted by Crippen LogP contribution is -2.48. The predicted octanol–water partition coefficient (Wildman–Crippen LogP) is 3.70. The van der Waals surface area contributed by atoms with Crippen LogP contribution in [0.15, 0.2) is 0 Å². The van der Waals surface area contributed by atoms with Gasteiger partial charge in [-0.15, -0.1) is 46.4 Å². The van der Waals surface area contributed by atoms with Crippen LogP contribution in [0, 0.1) is 11.8 Å². The van der Waals surface area contributed by atoms with E-state index in [1.54, 1.807) is 0 Å². The average molecular weight is 250 g/mol. The highest BCUT2D eigenvalue weighted by atomic mass is 35.5. The number of hydrogen-bond acceptors (Lipinski definition) is 0. The largest absolute Gasteiger partial charge is 0.122 e. The third-order valence-electron chi connectivity index (χ3n) is 2.62. The van der Waals surface area contributed by atoms with E-state index in [0.717, 1.165) is 0 Å². The molecule has 1 aliphatic rings. The van der Waals surface area contributed by atoms with Gasteiger partial charge >= 0.3 is 0 Å². The molecule has 4 heteroatoms. The molecule has 0 aliphatic heterocycles. The molecule has 0 bridgehead atoms. The summed E-state index contributed by atoms with van der Waals surface area (Å²) < 4.78 is 0. The molecule has 4 unspecified atom stereocenters. The molecule has 0 radical (unpaired) electrons. The summed E-state index contributed by atoms with van der Waals surface area (Å²) in [7, 11) is 0. The molecule has 0 N–H and O–H groups in total. The van der Waals surface area contributed by atoms with Crippen molar-refractivity contribution in [2.45, 2.75) is 35.4 Å². The summed E-state index contributed by atoms with van der Waals surface area (Å²) in [6.07, 6.45) is 0. The van der Waals surface area contributed by atoms with Crippen LogP contribution in [0.4, 0.5) is 0 Å². The SMILES string of the molecule is CC1C(Cl)C(C)C(Cl)C(Cl)C1Cl. The summed E-state index contributed by atoms with van der Waals surface area (Å²) in [5.74, 6) is 0.446. The predicted molar refractivity (Wildman–Crippen MR) is 56.9 cm³/mol. The van der Waals surface area contributed by atoms with Crippen molar-refractivity contribution >= 4 is 46.4 Å². The van der Waals surface area contributed by atoms with E-state index in [1.165, 1.54) is 0 Å². The fourth-order valence-corrected chi connectivity index (χ4v) is 3.21. The van der Waals surface area contributed by atoms with Crippen LogP contribution in [0.5, 0.6) is 0 Å². The van der Waals surface area contributed by atoms with Crippen molar-refractivity contribution in [3.8, 4) is 0 Å². The van der Waals surface area contributed by atoms with Gasteiger partial charge in [-0.05, 0) is 11.8 Å². The molecule has 1 saturated carbocycles. The smallest absolute Gasteiger partial charge is 0.0669 e. The van der Waals surface area contributed by atoms with Crippen LogP contribution in [-0.2, 0) is 0 Å². The minimum Gasteiger partial charge on any atom is -0.122 e. The van der Waals surface area contributed by atoms with Crippen molar-refractivity contribution in [2.24, 2.45) is 11.8 Å². The van der Waals surface area contributed by atoms with Gasteiger partial charge in [0.25, 0.3) is 0 Å². The normalized spacial score (nSPS) is 55.5. The summed E-state index contributed by atoms with van der Waals surface area (Å²) >= 11 is 24.3. The molecular formula is C8H12Cl4. The molecule has 1 rings (SSSR count). The number of alkyl halides is 4. The molecule has 72 valence electrons. The van der Waals surface area contributed by atoms with Crippen LogP contribution in [0.3, 0.4) is 0 Å². The quantitative estimate of drug-likeness (QED) is 0.575. The summed E-state index contributed by atoms with van der Waals surface area (Å²) in [6.45, 7) is 4.04. The van der Waals surface area contributed by atoms with Crippen molar-refractivity contribution in [2.75, 3.05) is 0 Å². The summed E-state index contributed by atoms with van der Waals surface area (Å²) in [5, 5.41) is -0.376. The second kappa shape index (κ2) is 4.13. The van der Waals surface area contributed by atoms with Gasteiger partial charge in [-0.25, -0.2) is 0 Å². The summed E-state index contributed by atoms with van der Waals surface area (Å²) in [5.41, 5.74) is 0. The van der Waals surface area contributed by atoms with Gasteiger partial charge in [0.2, 0.25) is 0 Å². The van der Waals surface area contributed by atoms with E-state index in [1.807, 2.05) is 13.8 Å². The molecule has 0 nitrogen and oxygen atoms in total. The van der Waals surface area contributed by atoms with Crippen molar-refractivity contribution in [3.05, 3.63) is 0 Å². The fourth-order valence-electron chi connectivity index (χ4n) is 1.59. The fraction of sp³-hybridized carbons (Fsp3) is 1.00. The summed E-state index contributed by atoms with van der Waals surface area (Å²) in [6, 6.07) is 0. The highest BCUT2D eigenvalue weighted by Gasteiger charge is 2.44. The molecular weight excluding hydrogens is 238 g/mol. The first-order valence-electron chi connectivity index (χ1n) is 4.03. The molecule has 4 atom stereocenters. The standard InChI is InChI=1S/C8H12Cl4/c1-3-5(9)4(2)7(11)8(12)6(3)10/h3-8H,1-2H3. The Kier molecular flexibility index (Phi) is 3.86. The van der Waals surface area contributed by atoms with E-state index in [-0.39, 0.29) is 33.3 Å². The molecule has 1 fully saturated rings. The zero-order chi connectivity index (χ0) is 9.46. The first-order valence-corrected chi connectivity index (χ1v) is 5.77. The maximum absolute atomic E-state index is 6.15. The monoisotopic (exact) mass is 248 g/mol. The molecule has 0 aromatic rings. The van der Waals surface area contributed by atoms with Crippen molar-refractivity contribution in [3.63, 3.8) is 0 Å². The van der Waals surface area contributed by atoms with Crippen LogP contribution < -0.4 is 0 Å². The van der Waals surface area contributed by atoms with Gasteiger partial charge in [0, 0.05) is 5.38 Å². The first-order chi connectivity index (χ1) is 5.46. The first kappa shape index (κ1) is 11.2. The Hall–Kier alpha value is 1.16. The number of rotatable bonds is 0. The molecule has 0 saturated heterocycles. The van der Waals surface area contributed by atoms with Gasteiger partial charge in [0.05, 0.1) is 16.1 Å². The van der Waals surface area contributed by atoms with Gasteiger partial charge in [-0.3, -0.25) is 0 Å². The number of hydrogen-bond donors (Lipinski definition) is 0. The Balaban J connectivity index is 2.76. The minimum absolute atomic E-state index is 0.0324. The lowest BCUT2D eigenvalue weighted by Gasteiger charge is -2.40. The Morgan fingerprint density at radius 2 is 0.917 bits per heavy atom. The third kappa shape index (κ3) is 1.82. The maximum atomic E-state index is 6.15. The summed E-state index contributed by atoms with van der Waals surface area (Å²) in [4.78, 5) is 0. The van der Waals surface area contributed by atoms with Crippen LogP contribution >= 0.6 is 46.4 Å². The zero-order valence-corrected chi connectivity index (χ0v) is 10.00. The minimum atomic E-state index is -0.173. The van der Waals surface area contributed by atoms with E-state index in [4.69, 9.17) is 46.4 Å². The van der Waals surface area contributed by atoms with Crippen molar-refractivity contribution in [1.82, 2.24) is 0 Å². The third-order valence-corrected chi connectivity index (χ3v) is 5.55. The van der Waals surface area contributed by atoms with Crippen LogP contribution in [-0.4, -0.2) is 21.5 Å². The average Bonchev–Trinajstić information content (AvgIpc) is 2.08. The van der Waals surface area contributed by atoms with Gasteiger partial charge in [0.15, 0.2) is 0 Å². The van der Waals surface area contributed by atoms with Gasteiger partial charge in [-0.2, -0.15) is 0 Å². The number of halogens is 4. The molecule has 0 amide bonds. The Labute approximate surface area is 93.5 Å². The molecule has 0 aromatic heterocycles. The van der Waals surface area contributed by atoms with Crippen LogP contribution in [0.2, 0.25) is 0 Å². The van der Waals surface area contributed by atoms with Crippen molar-refractivity contribution < 1.29 is 0 Å². The van der Waals surface area contributed by atoms with E-state index in [2.05, 4.69) is 0 Å². The zero-order valence-electron chi connectivity index (χ0n) is 6.98. The second-order valence-electron chi connectivity index (χ2n) is 3.50. The topological polar surface area (TPSA) is 0 Å². The lowest BCUT2D eigenvalue weighted by atomic mass is 9.82. The maximum Gasteiger partial charge on any atom is 0.0669 e. The van der Waals surface area contributed by atoms with Gasteiger partial charge in [0.1, 0.15) is 0 Å². The molecule has 12 heavy (non-hydrogen) atoms. The Morgan fingerprint density at radius 1 is 0.583 bits per heavy atom. The van der Waals surface area contributed by atoms with E-state index >= 15 is 0 Å². The van der Waals surface area contributed by atoms with E-state index in [0.29, 0.717) is 0 Å². The van der Waals surface area contributed by atoms with Gasteiger partial charge in [-0.1, -0.05) is 13.8 Å². The van der Waals surface area contributed by atoms with Crippen LogP contribution in [0.1, 0.15) is 13.8 Å². The van der Waals surface area contributed by atoms with Crippen molar-refractivity contribution in [1.29, 1.82) is 0 Å². The van der Waals surface area contributed by atoms with Gasteiger partial charge < -0.3 is 0 Å². The second-order valence-corrected chi connectivity index (χ2v) is 5.51. The lowest BCUT2D eigenvalue weighted by molar-refractivity contribution is 0.325. The molecule has 0 heterocycles. The molecule has 0 aromatic carbocycles. The Morgan fingerprint density at radius 3 is 1.25 bits per heavy atom. The molecule has 1 aliphatic carbocycles.